The van der Waals surface area contributed by atoms with Crippen molar-refractivity contribution >= 4 is 35.0 Å². The summed E-state index contributed by atoms with van der Waals surface area (Å²) in [7, 11) is 3.12. The zero-order valence-corrected chi connectivity index (χ0v) is 10.5. The number of imidazole rings is 1. The third kappa shape index (κ3) is 1.79. The molecule has 0 bridgehead atoms. The van der Waals surface area contributed by atoms with Gasteiger partial charge >= 0.3 is 5.38 Å². The normalized spacial score (nSPS) is 12.3. The smallest absolute Gasteiger partial charge is 0.318 e. The van der Waals surface area contributed by atoms with Gasteiger partial charge in [0.25, 0.3) is 0 Å². The van der Waals surface area contributed by atoms with Crippen LogP contribution in [0.15, 0.2) is 10.9 Å². The van der Waals surface area contributed by atoms with E-state index in [-0.39, 0.29) is 11.2 Å². The summed E-state index contributed by atoms with van der Waals surface area (Å²) in [6.45, 7) is 0. The third-order valence-electron chi connectivity index (χ3n) is 2.55. The van der Waals surface area contributed by atoms with Crippen molar-refractivity contribution in [3.8, 4) is 0 Å². The SMILES string of the molecule is Cn1c(=S)n(C)c2c(C(F)(F)Cl)cc(=O)[nH]c21. The first kappa shape index (κ1) is 12.3. The minimum atomic E-state index is -3.62. The Hall–Kier alpha value is -1.21. The van der Waals surface area contributed by atoms with Gasteiger partial charge in [-0.15, -0.1) is 0 Å². The van der Waals surface area contributed by atoms with E-state index < -0.39 is 16.5 Å². The van der Waals surface area contributed by atoms with Gasteiger partial charge in [0.2, 0.25) is 5.56 Å². The lowest BCUT2D eigenvalue weighted by atomic mass is 10.2. The Morgan fingerprint density at radius 1 is 1.41 bits per heavy atom. The average molecular weight is 280 g/mol. The highest BCUT2D eigenvalue weighted by atomic mass is 35.5. The molecular formula is C9H8ClF2N3OS. The van der Waals surface area contributed by atoms with Gasteiger partial charge in [-0.05, 0) is 23.8 Å². The molecule has 0 aliphatic carbocycles. The number of rotatable bonds is 1. The first-order valence-corrected chi connectivity index (χ1v) is 5.38. The van der Waals surface area contributed by atoms with Crippen molar-refractivity contribution in [1.82, 2.24) is 14.1 Å². The molecule has 0 aliphatic rings. The molecule has 0 atom stereocenters. The molecule has 92 valence electrons. The minimum Gasteiger partial charge on any atom is -0.318 e. The second kappa shape index (κ2) is 3.64. The summed E-state index contributed by atoms with van der Waals surface area (Å²) in [6, 6.07) is 0.782. The predicted octanol–water partition coefficient (Wildman–Crippen LogP) is 2.22. The van der Waals surface area contributed by atoms with Gasteiger partial charge in [0.1, 0.15) is 5.65 Å². The second-order valence-electron chi connectivity index (χ2n) is 3.64. The maximum absolute atomic E-state index is 13.2. The van der Waals surface area contributed by atoms with E-state index >= 15 is 0 Å². The molecule has 2 heterocycles. The Morgan fingerprint density at radius 2 is 2.00 bits per heavy atom. The number of aromatic nitrogens is 3. The summed E-state index contributed by atoms with van der Waals surface area (Å²) in [5, 5.41) is -3.62. The molecule has 1 N–H and O–H groups in total. The van der Waals surface area contributed by atoms with Crippen LogP contribution in [0.4, 0.5) is 8.78 Å². The molecular weight excluding hydrogens is 272 g/mol. The maximum atomic E-state index is 13.2. The largest absolute Gasteiger partial charge is 0.350 e. The Labute approximate surface area is 104 Å². The standard InChI is InChI=1S/C9H8ClF2N3OS/c1-14-6-4(9(10,11)12)3-5(16)13-7(6)15(2)8(14)17/h3H,1-2H3,(H,13,16). The lowest BCUT2D eigenvalue weighted by molar-refractivity contribution is 0.0963. The molecule has 0 amide bonds. The zero-order valence-electron chi connectivity index (χ0n) is 8.92. The number of hydrogen-bond acceptors (Lipinski definition) is 2. The van der Waals surface area contributed by atoms with Crippen molar-refractivity contribution in [2.45, 2.75) is 5.38 Å². The fraction of sp³-hybridized carbons (Fsp3) is 0.333. The van der Waals surface area contributed by atoms with E-state index in [1.54, 1.807) is 7.05 Å². The predicted molar refractivity (Wildman–Crippen MR) is 63.1 cm³/mol. The summed E-state index contributed by atoms with van der Waals surface area (Å²) in [5.41, 5.74) is -0.853. The van der Waals surface area contributed by atoms with E-state index in [0.29, 0.717) is 4.77 Å². The molecule has 8 heteroatoms. The fourth-order valence-corrected chi connectivity index (χ4v) is 2.08. The molecule has 0 aliphatic heterocycles. The van der Waals surface area contributed by atoms with Crippen molar-refractivity contribution in [2.24, 2.45) is 14.1 Å². The van der Waals surface area contributed by atoms with Crippen LogP contribution in [0.3, 0.4) is 0 Å². The molecule has 2 rings (SSSR count). The number of pyridine rings is 1. The van der Waals surface area contributed by atoms with E-state index in [0.717, 1.165) is 6.07 Å². The molecule has 0 fully saturated rings. The number of nitrogens with one attached hydrogen (secondary N) is 1. The van der Waals surface area contributed by atoms with E-state index in [1.807, 2.05) is 0 Å². The maximum Gasteiger partial charge on any atom is 0.350 e. The van der Waals surface area contributed by atoms with Gasteiger partial charge in [0.15, 0.2) is 4.77 Å². The minimum absolute atomic E-state index is 0.122. The Balaban J connectivity index is 3.10. The quantitative estimate of drug-likeness (QED) is 0.642. The highest BCUT2D eigenvalue weighted by Gasteiger charge is 2.32. The van der Waals surface area contributed by atoms with Gasteiger partial charge < -0.3 is 14.1 Å². The monoisotopic (exact) mass is 279 g/mol. The number of H-pyrrole nitrogens is 1. The van der Waals surface area contributed by atoms with E-state index in [2.05, 4.69) is 4.98 Å². The summed E-state index contributed by atoms with van der Waals surface area (Å²) in [5.74, 6) is 0. The Kier molecular flexibility index (Phi) is 2.62. The molecule has 0 saturated heterocycles. The van der Waals surface area contributed by atoms with Crippen molar-refractivity contribution in [2.75, 3.05) is 0 Å². The summed E-state index contributed by atoms with van der Waals surface area (Å²) < 4.78 is 29.6. The molecule has 2 aromatic heterocycles. The van der Waals surface area contributed by atoms with Crippen LogP contribution < -0.4 is 5.56 Å². The first-order chi connectivity index (χ1) is 7.73. The molecule has 0 radical (unpaired) electrons. The fourth-order valence-electron chi connectivity index (χ4n) is 1.75. The van der Waals surface area contributed by atoms with Crippen LogP contribution >= 0.6 is 23.8 Å². The third-order valence-corrected chi connectivity index (χ3v) is 3.30. The zero-order chi connectivity index (χ0) is 13.0. The topological polar surface area (TPSA) is 42.7 Å². The Morgan fingerprint density at radius 3 is 2.53 bits per heavy atom. The van der Waals surface area contributed by atoms with Gasteiger partial charge in [0, 0.05) is 20.2 Å². The Bertz CT molecular complexity index is 710. The van der Waals surface area contributed by atoms with Crippen molar-refractivity contribution in [1.29, 1.82) is 0 Å². The first-order valence-electron chi connectivity index (χ1n) is 4.59. The summed E-state index contributed by atoms with van der Waals surface area (Å²) in [4.78, 5) is 13.8. The van der Waals surface area contributed by atoms with Crippen molar-refractivity contribution in [3.63, 3.8) is 0 Å². The van der Waals surface area contributed by atoms with Gasteiger partial charge in [-0.3, -0.25) is 4.79 Å². The molecule has 0 spiro atoms. The highest BCUT2D eigenvalue weighted by Crippen LogP contribution is 2.35. The van der Waals surface area contributed by atoms with Crippen LogP contribution in [0.1, 0.15) is 5.56 Å². The van der Waals surface area contributed by atoms with Crippen molar-refractivity contribution < 1.29 is 8.78 Å². The summed E-state index contributed by atoms with van der Waals surface area (Å²) in [6.07, 6.45) is 0. The van der Waals surface area contributed by atoms with Crippen LogP contribution in [-0.2, 0) is 19.5 Å². The lowest BCUT2D eigenvalue weighted by Crippen LogP contribution is -2.14. The second-order valence-corrected chi connectivity index (χ2v) is 4.48. The van der Waals surface area contributed by atoms with Crippen LogP contribution in [0.2, 0.25) is 0 Å². The summed E-state index contributed by atoms with van der Waals surface area (Å²) >= 11 is 10.0. The lowest BCUT2D eigenvalue weighted by Gasteiger charge is -2.09. The van der Waals surface area contributed by atoms with E-state index in [4.69, 9.17) is 23.8 Å². The molecule has 2 aromatic rings. The van der Waals surface area contributed by atoms with Crippen molar-refractivity contribution in [3.05, 3.63) is 26.8 Å². The average Bonchev–Trinajstić information content (AvgIpc) is 2.42. The number of fused-ring (bicyclic) bond motifs is 1. The highest BCUT2D eigenvalue weighted by molar-refractivity contribution is 7.71. The number of aryl methyl sites for hydroxylation is 2. The number of hydrogen-bond donors (Lipinski definition) is 1. The molecule has 17 heavy (non-hydrogen) atoms. The van der Waals surface area contributed by atoms with E-state index in [9.17, 15) is 13.6 Å². The van der Waals surface area contributed by atoms with Gasteiger partial charge in [-0.25, -0.2) is 0 Å². The van der Waals surface area contributed by atoms with Crippen LogP contribution in [0.25, 0.3) is 11.2 Å². The number of alkyl halides is 3. The molecule has 0 saturated carbocycles. The van der Waals surface area contributed by atoms with Gasteiger partial charge in [-0.2, -0.15) is 8.78 Å². The van der Waals surface area contributed by atoms with Crippen LogP contribution in [0, 0.1) is 4.77 Å². The molecule has 4 nitrogen and oxygen atoms in total. The van der Waals surface area contributed by atoms with Crippen LogP contribution in [0.5, 0.6) is 0 Å². The van der Waals surface area contributed by atoms with Crippen LogP contribution in [-0.4, -0.2) is 14.1 Å². The number of halogens is 3. The van der Waals surface area contributed by atoms with Gasteiger partial charge in [0.05, 0.1) is 11.1 Å². The van der Waals surface area contributed by atoms with E-state index in [1.165, 1.54) is 16.2 Å². The molecule has 0 aromatic carbocycles. The number of aromatic amines is 1. The van der Waals surface area contributed by atoms with Gasteiger partial charge in [-0.1, -0.05) is 0 Å². The number of nitrogens with zero attached hydrogens (tertiary/aromatic N) is 2. The molecule has 0 unspecified atom stereocenters.